The van der Waals surface area contributed by atoms with Crippen molar-refractivity contribution < 1.29 is 19.1 Å². The Morgan fingerprint density at radius 2 is 1.83 bits per heavy atom. The van der Waals surface area contributed by atoms with Gasteiger partial charge in [-0.2, -0.15) is 0 Å². The van der Waals surface area contributed by atoms with Gasteiger partial charge < -0.3 is 4.74 Å². The summed E-state index contributed by atoms with van der Waals surface area (Å²) >= 11 is 12.4. The first-order chi connectivity index (χ1) is 13.7. The first-order valence-corrected chi connectivity index (χ1v) is 10.8. The fraction of sp³-hybridized carbons (Fsp3) is 0.591. The summed E-state index contributed by atoms with van der Waals surface area (Å²) in [5.41, 5.74) is 1.01. The Labute approximate surface area is 187 Å². The predicted molar refractivity (Wildman–Crippen MR) is 116 cm³/mol. The summed E-state index contributed by atoms with van der Waals surface area (Å²) in [7, 11) is 0. The van der Waals surface area contributed by atoms with E-state index in [1.54, 1.807) is 26.8 Å². The predicted octanol–water partition coefficient (Wildman–Crippen LogP) is 5.41. The second kappa shape index (κ2) is 7.41. The molecule has 2 amide bonds. The molecule has 2 saturated carbocycles. The summed E-state index contributed by atoms with van der Waals surface area (Å²) in [4.78, 5) is 39.5. The molecule has 3 rings (SSSR count). The largest absolute Gasteiger partial charge is 0.443 e. The second-order valence-electron chi connectivity index (χ2n) is 9.92. The van der Waals surface area contributed by atoms with Crippen LogP contribution in [0.1, 0.15) is 54.4 Å². The van der Waals surface area contributed by atoms with E-state index in [2.05, 4.69) is 5.43 Å². The fourth-order valence-electron chi connectivity index (χ4n) is 4.79. The van der Waals surface area contributed by atoms with Gasteiger partial charge in [-0.05, 0) is 63.1 Å². The smallest absolute Gasteiger partial charge is 0.427 e. The molecule has 0 heterocycles. The van der Waals surface area contributed by atoms with Crippen LogP contribution < -0.4 is 10.4 Å². The molecule has 2 bridgehead atoms. The molecule has 1 aromatic carbocycles. The molecule has 164 valence electrons. The number of nitrogens with zero attached hydrogens (tertiary/aromatic N) is 1. The SMILES string of the molecule is CC(C)(C)OC(=O)NN(C(=O)C1C(=O)C2(C)CCC1C2(C)C)c1cc(Cl)ccc1Cl. The molecule has 3 atom stereocenters. The maximum Gasteiger partial charge on any atom is 0.427 e. The molecule has 0 spiro atoms. The Bertz CT molecular complexity index is 909. The topological polar surface area (TPSA) is 75.7 Å². The van der Waals surface area contributed by atoms with E-state index in [-0.39, 0.29) is 27.8 Å². The molecule has 3 unspecified atom stereocenters. The molecule has 1 N–H and O–H groups in total. The second-order valence-corrected chi connectivity index (χ2v) is 10.8. The van der Waals surface area contributed by atoms with Crippen molar-refractivity contribution >= 4 is 46.7 Å². The van der Waals surface area contributed by atoms with Crippen LogP contribution in [-0.4, -0.2) is 23.4 Å². The molecule has 0 saturated heterocycles. The van der Waals surface area contributed by atoms with Crippen LogP contribution in [-0.2, 0) is 14.3 Å². The summed E-state index contributed by atoms with van der Waals surface area (Å²) < 4.78 is 5.32. The quantitative estimate of drug-likeness (QED) is 0.478. The van der Waals surface area contributed by atoms with Gasteiger partial charge in [0.15, 0.2) is 5.78 Å². The lowest BCUT2D eigenvalue weighted by atomic mass is 9.70. The summed E-state index contributed by atoms with van der Waals surface area (Å²) in [6.07, 6.45) is 0.702. The lowest BCUT2D eigenvalue weighted by Crippen LogP contribution is -2.53. The third-order valence-electron chi connectivity index (χ3n) is 6.77. The zero-order valence-electron chi connectivity index (χ0n) is 18.1. The molecule has 8 heteroatoms. The first kappa shape index (κ1) is 22.9. The third-order valence-corrected chi connectivity index (χ3v) is 7.33. The summed E-state index contributed by atoms with van der Waals surface area (Å²) in [6.45, 7) is 11.2. The highest BCUT2D eigenvalue weighted by molar-refractivity contribution is 6.36. The average Bonchev–Trinajstić information content (AvgIpc) is 2.92. The van der Waals surface area contributed by atoms with E-state index in [0.29, 0.717) is 5.02 Å². The maximum atomic E-state index is 13.7. The molecule has 6 nitrogen and oxygen atoms in total. The molecule has 2 fully saturated rings. The van der Waals surface area contributed by atoms with Crippen molar-refractivity contribution in [3.63, 3.8) is 0 Å². The monoisotopic (exact) mass is 454 g/mol. The minimum Gasteiger partial charge on any atom is -0.443 e. The van der Waals surface area contributed by atoms with Gasteiger partial charge in [-0.15, -0.1) is 0 Å². The number of hydrogen-bond donors (Lipinski definition) is 1. The number of Topliss-reactive ketones (excluding diaryl/α,β-unsaturated/α-hetero) is 1. The lowest BCUT2D eigenvalue weighted by Gasteiger charge is -2.32. The van der Waals surface area contributed by atoms with Crippen LogP contribution in [0.4, 0.5) is 10.5 Å². The van der Waals surface area contributed by atoms with Crippen molar-refractivity contribution in [1.82, 2.24) is 5.43 Å². The van der Waals surface area contributed by atoms with E-state index in [1.165, 1.54) is 12.1 Å². The highest BCUT2D eigenvalue weighted by Gasteiger charge is 2.68. The van der Waals surface area contributed by atoms with Crippen molar-refractivity contribution in [2.24, 2.45) is 22.7 Å². The van der Waals surface area contributed by atoms with E-state index in [4.69, 9.17) is 27.9 Å². The van der Waals surface area contributed by atoms with Gasteiger partial charge in [0, 0.05) is 10.4 Å². The molecule has 30 heavy (non-hydrogen) atoms. The van der Waals surface area contributed by atoms with Crippen LogP contribution in [0.25, 0.3) is 0 Å². The van der Waals surface area contributed by atoms with Crippen molar-refractivity contribution in [2.45, 2.75) is 60.0 Å². The van der Waals surface area contributed by atoms with Crippen molar-refractivity contribution in [3.8, 4) is 0 Å². The molecule has 2 aliphatic rings. The summed E-state index contributed by atoms with van der Waals surface area (Å²) in [6, 6.07) is 4.59. The molecule has 1 aromatic rings. The Balaban J connectivity index is 2.00. The Kier molecular flexibility index (Phi) is 5.66. The van der Waals surface area contributed by atoms with Crippen LogP contribution in [0, 0.1) is 22.7 Å². The number of hydrazine groups is 1. The Morgan fingerprint density at radius 1 is 1.20 bits per heavy atom. The molecular formula is C22H28Cl2N2O4. The number of amides is 2. The number of anilines is 1. The molecule has 2 aliphatic carbocycles. The fourth-order valence-corrected chi connectivity index (χ4v) is 5.16. The zero-order valence-corrected chi connectivity index (χ0v) is 19.6. The van der Waals surface area contributed by atoms with E-state index < -0.39 is 28.9 Å². The number of ether oxygens (including phenoxy) is 1. The van der Waals surface area contributed by atoms with Crippen LogP contribution >= 0.6 is 23.2 Å². The lowest BCUT2D eigenvalue weighted by molar-refractivity contribution is -0.138. The highest BCUT2D eigenvalue weighted by Crippen LogP contribution is 2.66. The Morgan fingerprint density at radius 3 is 2.37 bits per heavy atom. The molecule has 0 radical (unpaired) electrons. The van der Waals surface area contributed by atoms with Crippen LogP contribution in [0.15, 0.2) is 18.2 Å². The molecule has 0 aliphatic heterocycles. The van der Waals surface area contributed by atoms with Gasteiger partial charge in [-0.1, -0.05) is 44.0 Å². The average molecular weight is 455 g/mol. The number of benzene rings is 1. The minimum absolute atomic E-state index is 0.0945. The van der Waals surface area contributed by atoms with Gasteiger partial charge in [0.05, 0.1) is 10.7 Å². The van der Waals surface area contributed by atoms with Gasteiger partial charge in [-0.3, -0.25) is 9.59 Å². The number of hydrogen-bond acceptors (Lipinski definition) is 4. The number of carbonyl (C=O) groups excluding carboxylic acids is 3. The highest BCUT2D eigenvalue weighted by atomic mass is 35.5. The summed E-state index contributed by atoms with van der Waals surface area (Å²) in [5, 5.41) is 1.57. The van der Waals surface area contributed by atoms with Crippen LogP contribution in [0.2, 0.25) is 10.0 Å². The van der Waals surface area contributed by atoms with E-state index in [0.717, 1.165) is 17.9 Å². The zero-order chi connectivity index (χ0) is 22.6. The molecule has 0 aromatic heterocycles. The third kappa shape index (κ3) is 3.69. The minimum atomic E-state index is -0.872. The Hall–Kier alpha value is -1.79. The number of carbonyl (C=O) groups is 3. The number of fused-ring (bicyclic) bond motifs is 2. The van der Waals surface area contributed by atoms with Crippen molar-refractivity contribution in [2.75, 3.05) is 5.01 Å². The standard InChI is InChI=1S/C22H28Cl2N2O4/c1-20(2,3)30-19(29)25-26(15-11-12(23)7-8-14(15)24)18(28)16-13-9-10-22(6,17(16)27)21(13,4)5/h7-8,11,13,16H,9-10H2,1-6H3,(H,25,29). The van der Waals surface area contributed by atoms with E-state index in [1.807, 2.05) is 20.8 Å². The molecular weight excluding hydrogens is 427 g/mol. The van der Waals surface area contributed by atoms with Crippen LogP contribution in [0.5, 0.6) is 0 Å². The van der Waals surface area contributed by atoms with Gasteiger partial charge >= 0.3 is 6.09 Å². The number of halogens is 2. The number of ketones is 1. The maximum absolute atomic E-state index is 13.7. The van der Waals surface area contributed by atoms with E-state index >= 15 is 0 Å². The first-order valence-electron chi connectivity index (χ1n) is 10.0. The van der Waals surface area contributed by atoms with Crippen molar-refractivity contribution in [1.29, 1.82) is 0 Å². The van der Waals surface area contributed by atoms with Crippen molar-refractivity contribution in [3.05, 3.63) is 28.2 Å². The van der Waals surface area contributed by atoms with Gasteiger partial charge in [-0.25, -0.2) is 15.2 Å². The summed E-state index contributed by atoms with van der Waals surface area (Å²) in [5.74, 6) is -1.62. The normalized spacial score (nSPS) is 27.1. The number of rotatable bonds is 2. The van der Waals surface area contributed by atoms with Gasteiger partial charge in [0.1, 0.15) is 11.5 Å². The van der Waals surface area contributed by atoms with Gasteiger partial charge in [0.25, 0.3) is 5.91 Å². The van der Waals surface area contributed by atoms with Crippen LogP contribution in [0.3, 0.4) is 0 Å². The van der Waals surface area contributed by atoms with Gasteiger partial charge in [0.2, 0.25) is 0 Å². The van der Waals surface area contributed by atoms with E-state index in [9.17, 15) is 14.4 Å². The number of nitrogens with one attached hydrogen (secondary N) is 1.